The van der Waals surface area contributed by atoms with Crippen LogP contribution >= 0.6 is 0 Å². The number of aromatic nitrogens is 1. The van der Waals surface area contributed by atoms with Gasteiger partial charge in [0, 0.05) is 31.1 Å². The van der Waals surface area contributed by atoms with Crippen LogP contribution < -0.4 is 5.32 Å². The van der Waals surface area contributed by atoms with E-state index >= 15 is 0 Å². The van der Waals surface area contributed by atoms with Crippen LogP contribution in [0.2, 0.25) is 0 Å². The molecule has 0 aliphatic heterocycles. The molecule has 2 aromatic rings. The summed E-state index contributed by atoms with van der Waals surface area (Å²) >= 11 is 0. The van der Waals surface area contributed by atoms with Crippen molar-refractivity contribution in [3.05, 3.63) is 54.4 Å². The fraction of sp³-hybridized carbons (Fsp3) is 0.389. The van der Waals surface area contributed by atoms with E-state index in [0.717, 1.165) is 24.9 Å². The maximum atomic E-state index is 9.18. The van der Waals surface area contributed by atoms with Crippen LogP contribution in [0.4, 0.5) is 0 Å². The van der Waals surface area contributed by atoms with Crippen molar-refractivity contribution in [2.24, 2.45) is 0 Å². The van der Waals surface area contributed by atoms with Crippen LogP contribution in [-0.2, 0) is 6.54 Å². The lowest BCUT2D eigenvalue weighted by Gasteiger charge is -2.29. The zero-order chi connectivity index (χ0) is 15.1. The van der Waals surface area contributed by atoms with Gasteiger partial charge in [0.2, 0.25) is 0 Å². The third-order valence-electron chi connectivity index (χ3n) is 4.09. The minimum atomic E-state index is -0.0148. The Balaban J connectivity index is 2.08. The van der Waals surface area contributed by atoms with Gasteiger partial charge in [-0.1, -0.05) is 31.2 Å². The topological polar surface area (TPSA) is 45.1 Å². The molecule has 112 valence electrons. The number of hydrogen-bond donors (Lipinski definition) is 2. The van der Waals surface area contributed by atoms with Gasteiger partial charge in [-0.2, -0.15) is 0 Å². The average molecular weight is 284 g/mol. The zero-order valence-corrected chi connectivity index (χ0v) is 12.8. The zero-order valence-electron chi connectivity index (χ0n) is 12.8. The van der Waals surface area contributed by atoms with Gasteiger partial charge in [0.1, 0.15) is 0 Å². The van der Waals surface area contributed by atoms with Gasteiger partial charge < -0.3 is 10.4 Å². The summed E-state index contributed by atoms with van der Waals surface area (Å²) in [6.07, 6.45) is 5.44. The molecule has 3 heteroatoms. The van der Waals surface area contributed by atoms with Crippen molar-refractivity contribution in [2.75, 3.05) is 6.61 Å². The van der Waals surface area contributed by atoms with E-state index in [1.165, 1.54) is 11.1 Å². The number of aliphatic hydroxyl groups excluding tert-OH is 1. The number of nitrogens with one attached hydrogen (secondary N) is 1. The second-order valence-corrected chi connectivity index (χ2v) is 5.68. The summed E-state index contributed by atoms with van der Waals surface area (Å²) in [5, 5.41) is 12.7. The highest BCUT2D eigenvalue weighted by molar-refractivity contribution is 5.62. The van der Waals surface area contributed by atoms with Gasteiger partial charge in [-0.3, -0.25) is 4.98 Å². The number of pyridine rings is 1. The van der Waals surface area contributed by atoms with Crippen LogP contribution in [0.5, 0.6) is 0 Å². The van der Waals surface area contributed by atoms with Gasteiger partial charge in [-0.05, 0) is 48.6 Å². The Bertz CT molecular complexity index is 556. The van der Waals surface area contributed by atoms with Gasteiger partial charge in [0.15, 0.2) is 0 Å². The van der Waals surface area contributed by atoms with Crippen LogP contribution in [0.1, 0.15) is 32.3 Å². The first kappa shape index (κ1) is 15.7. The summed E-state index contributed by atoms with van der Waals surface area (Å²) in [5.74, 6) is 0. The molecule has 0 aliphatic rings. The van der Waals surface area contributed by atoms with Crippen molar-refractivity contribution >= 4 is 0 Å². The number of nitrogens with zero attached hydrogens (tertiary/aromatic N) is 1. The van der Waals surface area contributed by atoms with Crippen molar-refractivity contribution in [1.29, 1.82) is 0 Å². The summed E-state index contributed by atoms with van der Waals surface area (Å²) in [6.45, 7) is 5.33. The quantitative estimate of drug-likeness (QED) is 0.819. The van der Waals surface area contributed by atoms with Crippen molar-refractivity contribution in [3.8, 4) is 11.1 Å². The minimum absolute atomic E-state index is 0.0148. The summed E-state index contributed by atoms with van der Waals surface area (Å²) < 4.78 is 0. The SMILES string of the molecule is CCC(C)(CCO)NCc1cccc(-c2cccnc2)c1. The monoisotopic (exact) mass is 284 g/mol. The molecule has 0 aliphatic carbocycles. The maximum absolute atomic E-state index is 9.18. The predicted molar refractivity (Wildman–Crippen MR) is 86.9 cm³/mol. The largest absolute Gasteiger partial charge is 0.396 e. The van der Waals surface area contributed by atoms with E-state index in [-0.39, 0.29) is 12.1 Å². The predicted octanol–water partition coefficient (Wildman–Crippen LogP) is 3.39. The van der Waals surface area contributed by atoms with Crippen molar-refractivity contribution in [3.63, 3.8) is 0 Å². The van der Waals surface area contributed by atoms with E-state index in [0.29, 0.717) is 0 Å². The van der Waals surface area contributed by atoms with Crippen molar-refractivity contribution in [1.82, 2.24) is 10.3 Å². The van der Waals surface area contributed by atoms with Crippen LogP contribution in [0, 0.1) is 0 Å². The van der Waals surface area contributed by atoms with Gasteiger partial charge in [-0.15, -0.1) is 0 Å². The first-order valence-electron chi connectivity index (χ1n) is 7.52. The molecule has 0 spiro atoms. The molecule has 2 rings (SSSR count). The number of aliphatic hydroxyl groups is 1. The van der Waals surface area contributed by atoms with Crippen molar-refractivity contribution in [2.45, 2.75) is 38.8 Å². The van der Waals surface area contributed by atoms with Gasteiger partial charge >= 0.3 is 0 Å². The standard InChI is InChI=1S/C18H24N2O/c1-3-18(2,9-11-21)20-13-15-6-4-7-16(12-15)17-8-5-10-19-14-17/h4-8,10,12,14,20-21H,3,9,11,13H2,1-2H3. The number of rotatable bonds is 7. The molecular weight excluding hydrogens is 260 g/mol. The lowest BCUT2D eigenvalue weighted by molar-refractivity contribution is 0.214. The molecule has 0 saturated carbocycles. The second-order valence-electron chi connectivity index (χ2n) is 5.68. The van der Waals surface area contributed by atoms with Crippen molar-refractivity contribution < 1.29 is 5.11 Å². The highest BCUT2D eigenvalue weighted by Crippen LogP contribution is 2.20. The first-order valence-corrected chi connectivity index (χ1v) is 7.52. The van der Waals surface area contributed by atoms with Crippen LogP contribution in [0.25, 0.3) is 11.1 Å². The summed E-state index contributed by atoms with van der Waals surface area (Å²) in [7, 11) is 0. The maximum Gasteiger partial charge on any atom is 0.0448 e. The Morgan fingerprint density at radius 1 is 1.19 bits per heavy atom. The van der Waals surface area contributed by atoms with E-state index in [9.17, 15) is 5.11 Å². The summed E-state index contributed by atoms with van der Waals surface area (Å²) in [4.78, 5) is 4.17. The average Bonchev–Trinajstić information content (AvgIpc) is 2.54. The normalized spacial score (nSPS) is 13.9. The summed E-state index contributed by atoms with van der Waals surface area (Å²) in [6, 6.07) is 12.5. The van der Waals surface area contributed by atoms with E-state index in [2.05, 4.69) is 54.5 Å². The van der Waals surface area contributed by atoms with Crippen LogP contribution in [-0.4, -0.2) is 22.2 Å². The highest BCUT2D eigenvalue weighted by atomic mass is 16.3. The van der Waals surface area contributed by atoms with E-state index in [1.807, 2.05) is 12.3 Å². The fourth-order valence-corrected chi connectivity index (χ4v) is 2.35. The molecule has 1 aromatic heterocycles. The van der Waals surface area contributed by atoms with Crippen LogP contribution in [0.15, 0.2) is 48.8 Å². The molecular formula is C18H24N2O. The Morgan fingerprint density at radius 3 is 2.67 bits per heavy atom. The highest BCUT2D eigenvalue weighted by Gasteiger charge is 2.20. The van der Waals surface area contributed by atoms with Crippen LogP contribution in [0.3, 0.4) is 0 Å². The Labute approximate surface area is 127 Å². The lowest BCUT2D eigenvalue weighted by atomic mass is 9.94. The Morgan fingerprint density at radius 2 is 2.00 bits per heavy atom. The summed E-state index contributed by atoms with van der Waals surface area (Å²) in [5.41, 5.74) is 3.55. The lowest BCUT2D eigenvalue weighted by Crippen LogP contribution is -2.42. The molecule has 1 atom stereocenters. The molecule has 1 heterocycles. The Hall–Kier alpha value is -1.71. The van der Waals surface area contributed by atoms with Gasteiger partial charge in [0.25, 0.3) is 0 Å². The minimum Gasteiger partial charge on any atom is -0.396 e. The molecule has 2 N–H and O–H groups in total. The van der Waals surface area contributed by atoms with E-state index in [4.69, 9.17) is 0 Å². The third-order valence-corrected chi connectivity index (χ3v) is 4.09. The molecule has 1 aromatic carbocycles. The molecule has 1 unspecified atom stereocenters. The first-order chi connectivity index (χ1) is 10.2. The smallest absolute Gasteiger partial charge is 0.0448 e. The Kier molecular flexibility index (Phi) is 5.48. The molecule has 0 radical (unpaired) electrons. The van der Waals surface area contributed by atoms with E-state index in [1.54, 1.807) is 6.20 Å². The number of benzene rings is 1. The van der Waals surface area contributed by atoms with Gasteiger partial charge in [0.05, 0.1) is 0 Å². The molecule has 0 fully saturated rings. The molecule has 0 amide bonds. The van der Waals surface area contributed by atoms with E-state index < -0.39 is 0 Å². The van der Waals surface area contributed by atoms with Gasteiger partial charge in [-0.25, -0.2) is 0 Å². The fourth-order valence-electron chi connectivity index (χ4n) is 2.35. The number of hydrogen-bond acceptors (Lipinski definition) is 3. The molecule has 0 bridgehead atoms. The molecule has 0 saturated heterocycles. The molecule has 21 heavy (non-hydrogen) atoms. The second kappa shape index (κ2) is 7.34. The third kappa shape index (κ3) is 4.38. The molecule has 3 nitrogen and oxygen atoms in total.